The third kappa shape index (κ3) is 6.27. The first-order chi connectivity index (χ1) is 6.02. The summed E-state index contributed by atoms with van der Waals surface area (Å²) in [6, 6.07) is -0.644. The van der Waals surface area contributed by atoms with Gasteiger partial charge in [-0.2, -0.15) is 0 Å². The number of carbonyl (C=O) groups is 1. The second-order valence-corrected chi connectivity index (χ2v) is 2.62. The topological polar surface area (TPSA) is 61.4 Å². The minimum Gasteiger partial charge on any atom is -0.390 e. The van der Waals surface area contributed by atoms with Gasteiger partial charge in [0.05, 0.1) is 6.54 Å². The van der Waals surface area contributed by atoms with Crippen molar-refractivity contribution in [3.05, 3.63) is 0 Å². The molecule has 0 bridgehead atoms. The van der Waals surface area contributed by atoms with Gasteiger partial charge in [-0.3, -0.25) is 0 Å². The van der Waals surface area contributed by atoms with Crippen LogP contribution in [-0.4, -0.2) is 36.8 Å². The Kier molecular flexibility index (Phi) is 5.29. The van der Waals surface area contributed by atoms with E-state index in [1.165, 1.54) is 0 Å². The average Bonchev–Trinajstić information content (AvgIpc) is 2.11. The van der Waals surface area contributed by atoms with Crippen LogP contribution in [0.2, 0.25) is 0 Å². The minimum atomic E-state index is -3.25. The SMILES string of the molecule is CCCNC(=O)NCC(F)(F)CO. The molecule has 0 aromatic heterocycles. The molecule has 78 valence electrons. The molecule has 0 aromatic carbocycles. The molecule has 0 spiro atoms. The van der Waals surface area contributed by atoms with Crippen LogP contribution in [-0.2, 0) is 0 Å². The van der Waals surface area contributed by atoms with Crippen molar-refractivity contribution in [3.63, 3.8) is 0 Å². The van der Waals surface area contributed by atoms with E-state index in [2.05, 4.69) is 5.32 Å². The van der Waals surface area contributed by atoms with E-state index >= 15 is 0 Å². The van der Waals surface area contributed by atoms with E-state index in [1.54, 1.807) is 0 Å². The maximum absolute atomic E-state index is 12.3. The van der Waals surface area contributed by atoms with Gasteiger partial charge in [0.2, 0.25) is 0 Å². The Morgan fingerprint density at radius 3 is 2.54 bits per heavy atom. The fraction of sp³-hybridized carbons (Fsp3) is 0.857. The average molecular weight is 196 g/mol. The van der Waals surface area contributed by atoms with E-state index in [9.17, 15) is 13.6 Å². The van der Waals surface area contributed by atoms with Crippen LogP contribution in [0.25, 0.3) is 0 Å². The van der Waals surface area contributed by atoms with Crippen molar-refractivity contribution < 1.29 is 18.7 Å². The fourth-order valence-corrected chi connectivity index (χ4v) is 0.567. The smallest absolute Gasteiger partial charge is 0.314 e. The summed E-state index contributed by atoms with van der Waals surface area (Å²) in [6.45, 7) is 0.180. The lowest BCUT2D eigenvalue weighted by atomic mass is 10.3. The molecule has 0 aliphatic heterocycles. The third-order valence-electron chi connectivity index (χ3n) is 1.27. The van der Waals surface area contributed by atoms with Crippen LogP contribution < -0.4 is 10.6 Å². The van der Waals surface area contributed by atoms with Gasteiger partial charge >= 0.3 is 6.03 Å². The van der Waals surface area contributed by atoms with Gasteiger partial charge in [0, 0.05) is 6.54 Å². The summed E-state index contributed by atoms with van der Waals surface area (Å²) >= 11 is 0. The second-order valence-electron chi connectivity index (χ2n) is 2.62. The van der Waals surface area contributed by atoms with Crippen LogP contribution in [0.5, 0.6) is 0 Å². The van der Waals surface area contributed by atoms with Gasteiger partial charge in [0.25, 0.3) is 5.92 Å². The van der Waals surface area contributed by atoms with Gasteiger partial charge in [0.1, 0.15) is 6.61 Å². The Balaban J connectivity index is 3.57. The molecule has 4 nitrogen and oxygen atoms in total. The normalized spacial score (nSPS) is 11.1. The molecule has 3 N–H and O–H groups in total. The van der Waals surface area contributed by atoms with E-state index in [-0.39, 0.29) is 0 Å². The molecule has 0 aliphatic carbocycles. The standard InChI is InChI=1S/C7H14F2N2O2/c1-2-3-10-6(13)11-4-7(8,9)5-12/h12H,2-5H2,1H3,(H2,10,11,13). The first-order valence-electron chi connectivity index (χ1n) is 4.02. The van der Waals surface area contributed by atoms with Crippen LogP contribution in [0.15, 0.2) is 0 Å². The first kappa shape index (κ1) is 12.1. The summed E-state index contributed by atoms with van der Waals surface area (Å²) in [5, 5.41) is 12.5. The quantitative estimate of drug-likeness (QED) is 0.593. The van der Waals surface area contributed by atoms with Crippen LogP contribution in [0.4, 0.5) is 13.6 Å². The number of urea groups is 1. The Hall–Kier alpha value is -0.910. The van der Waals surface area contributed by atoms with Crippen molar-refractivity contribution in [3.8, 4) is 0 Å². The number of nitrogens with one attached hydrogen (secondary N) is 2. The first-order valence-corrected chi connectivity index (χ1v) is 4.02. The number of rotatable bonds is 5. The number of aliphatic hydroxyl groups is 1. The molecule has 0 fully saturated rings. The van der Waals surface area contributed by atoms with Gasteiger partial charge in [-0.05, 0) is 6.42 Å². The molecule has 0 heterocycles. The van der Waals surface area contributed by atoms with E-state index in [1.807, 2.05) is 12.2 Å². The maximum Gasteiger partial charge on any atom is 0.314 e. The zero-order valence-corrected chi connectivity index (χ0v) is 7.44. The predicted molar refractivity (Wildman–Crippen MR) is 43.7 cm³/mol. The number of amides is 2. The Bertz CT molecular complexity index is 165. The zero-order valence-electron chi connectivity index (χ0n) is 7.44. The summed E-state index contributed by atoms with van der Waals surface area (Å²) in [7, 11) is 0. The Labute approximate surface area is 75.3 Å². The van der Waals surface area contributed by atoms with Crippen molar-refractivity contribution >= 4 is 6.03 Å². The van der Waals surface area contributed by atoms with Crippen molar-refractivity contribution in [1.29, 1.82) is 0 Å². The molecular weight excluding hydrogens is 182 g/mol. The highest BCUT2D eigenvalue weighted by Gasteiger charge is 2.27. The molecule has 0 atom stereocenters. The number of halogens is 2. The Morgan fingerprint density at radius 2 is 2.08 bits per heavy atom. The van der Waals surface area contributed by atoms with Gasteiger partial charge in [-0.1, -0.05) is 6.92 Å². The van der Waals surface area contributed by atoms with Crippen LogP contribution >= 0.6 is 0 Å². The lowest BCUT2D eigenvalue weighted by Crippen LogP contribution is -2.43. The number of alkyl halides is 2. The number of hydrogen-bond donors (Lipinski definition) is 3. The maximum atomic E-state index is 12.3. The number of carbonyl (C=O) groups excluding carboxylic acids is 1. The van der Waals surface area contributed by atoms with E-state index in [0.29, 0.717) is 6.54 Å². The monoisotopic (exact) mass is 196 g/mol. The van der Waals surface area contributed by atoms with Crippen molar-refractivity contribution in [2.75, 3.05) is 19.7 Å². The molecular formula is C7H14F2N2O2. The molecule has 0 saturated heterocycles. The van der Waals surface area contributed by atoms with Crippen LogP contribution in [0.1, 0.15) is 13.3 Å². The van der Waals surface area contributed by atoms with E-state index < -0.39 is 25.1 Å². The van der Waals surface area contributed by atoms with Gasteiger partial charge < -0.3 is 15.7 Å². The highest BCUT2D eigenvalue weighted by atomic mass is 19.3. The number of aliphatic hydroxyl groups excluding tert-OH is 1. The van der Waals surface area contributed by atoms with Crippen LogP contribution in [0, 0.1) is 0 Å². The molecule has 13 heavy (non-hydrogen) atoms. The minimum absolute atomic E-state index is 0.441. The zero-order chi connectivity index (χ0) is 10.3. The molecule has 0 saturated carbocycles. The van der Waals surface area contributed by atoms with Crippen molar-refractivity contribution in [1.82, 2.24) is 10.6 Å². The summed E-state index contributed by atoms with van der Waals surface area (Å²) in [5.41, 5.74) is 0. The lowest BCUT2D eigenvalue weighted by molar-refractivity contribution is -0.0454. The highest BCUT2D eigenvalue weighted by Crippen LogP contribution is 2.09. The van der Waals surface area contributed by atoms with E-state index in [0.717, 1.165) is 6.42 Å². The second kappa shape index (κ2) is 5.69. The molecule has 6 heteroatoms. The molecule has 2 amide bonds. The van der Waals surface area contributed by atoms with Crippen molar-refractivity contribution in [2.24, 2.45) is 0 Å². The molecule has 0 radical (unpaired) electrons. The summed E-state index contributed by atoms with van der Waals surface area (Å²) in [4.78, 5) is 10.7. The van der Waals surface area contributed by atoms with Gasteiger partial charge in [-0.25, -0.2) is 13.6 Å². The summed E-state index contributed by atoms with van der Waals surface area (Å²) < 4.78 is 24.7. The van der Waals surface area contributed by atoms with Gasteiger partial charge in [0.15, 0.2) is 0 Å². The van der Waals surface area contributed by atoms with Crippen molar-refractivity contribution in [2.45, 2.75) is 19.3 Å². The van der Waals surface area contributed by atoms with Crippen LogP contribution in [0.3, 0.4) is 0 Å². The lowest BCUT2D eigenvalue weighted by Gasteiger charge is -2.14. The summed E-state index contributed by atoms with van der Waals surface area (Å²) in [5.74, 6) is -3.25. The fourth-order valence-electron chi connectivity index (χ4n) is 0.567. The Morgan fingerprint density at radius 1 is 1.46 bits per heavy atom. The largest absolute Gasteiger partial charge is 0.390 e. The highest BCUT2D eigenvalue weighted by molar-refractivity contribution is 5.73. The molecule has 0 aliphatic rings. The number of hydrogen-bond acceptors (Lipinski definition) is 2. The van der Waals surface area contributed by atoms with E-state index in [4.69, 9.17) is 5.11 Å². The van der Waals surface area contributed by atoms with Gasteiger partial charge in [-0.15, -0.1) is 0 Å². The predicted octanol–water partition coefficient (Wildman–Crippen LogP) is 0.323. The molecule has 0 aromatic rings. The summed E-state index contributed by atoms with van der Waals surface area (Å²) in [6.07, 6.45) is 0.740. The third-order valence-corrected chi connectivity index (χ3v) is 1.27. The molecule has 0 unspecified atom stereocenters. The molecule has 0 rings (SSSR count).